The zero-order chi connectivity index (χ0) is 19.5. The molecule has 0 aliphatic heterocycles. The van der Waals surface area contributed by atoms with Crippen molar-refractivity contribution in [3.63, 3.8) is 0 Å². The molecule has 1 aromatic carbocycles. The van der Waals surface area contributed by atoms with Gasteiger partial charge in [-0.25, -0.2) is 4.98 Å². The molecule has 4 rings (SSSR count). The van der Waals surface area contributed by atoms with E-state index in [-0.39, 0.29) is 0 Å². The Morgan fingerprint density at radius 2 is 2.00 bits per heavy atom. The molecule has 0 amide bonds. The first-order valence-corrected chi connectivity index (χ1v) is 10.8. The van der Waals surface area contributed by atoms with Gasteiger partial charge in [0.25, 0.3) is 0 Å². The molecule has 0 aliphatic rings. The van der Waals surface area contributed by atoms with E-state index in [1.54, 1.807) is 30.2 Å². The smallest absolute Gasteiger partial charge is 0.236 e. The Balaban J connectivity index is 1.53. The van der Waals surface area contributed by atoms with Gasteiger partial charge in [0.05, 0.1) is 17.7 Å². The summed E-state index contributed by atoms with van der Waals surface area (Å²) in [6.45, 7) is 4.83. The van der Waals surface area contributed by atoms with E-state index in [0.717, 1.165) is 45.2 Å². The minimum absolute atomic E-state index is 0.680. The second kappa shape index (κ2) is 8.20. The summed E-state index contributed by atoms with van der Waals surface area (Å²) in [5.41, 5.74) is 1.95. The van der Waals surface area contributed by atoms with Crippen LogP contribution >= 0.6 is 23.1 Å². The maximum absolute atomic E-state index is 5.83. The van der Waals surface area contributed by atoms with Crippen LogP contribution in [0.5, 0.6) is 5.75 Å². The Labute approximate surface area is 171 Å². The highest BCUT2D eigenvalue weighted by molar-refractivity contribution is 7.98. The summed E-state index contributed by atoms with van der Waals surface area (Å²) in [6.07, 6.45) is 0. The molecular formula is C20H20N4O2S2. The van der Waals surface area contributed by atoms with Crippen molar-refractivity contribution >= 4 is 23.1 Å². The summed E-state index contributed by atoms with van der Waals surface area (Å²) < 4.78 is 13.2. The molecule has 0 atom stereocenters. The maximum Gasteiger partial charge on any atom is 0.236 e. The average Bonchev–Trinajstić information content (AvgIpc) is 3.46. The van der Waals surface area contributed by atoms with Gasteiger partial charge in [-0.05, 0) is 49.6 Å². The van der Waals surface area contributed by atoms with Crippen molar-refractivity contribution in [2.45, 2.75) is 31.3 Å². The summed E-state index contributed by atoms with van der Waals surface area (Å²) in [5.74, 6) is 3.88. The van der Waals surface area contributed by atoms with Gasteiger partial charge in [-0.1, -0.05) is 17.8 Å². The fraction of sp³-hybridized carbons (Fsp3) is 0.250. The number of thiophene rings is 1. The summed E-state index contributed by atoms with van der Waals surface area (Å²) >= 11 is 3.24. The topological polar surface area (TPSA) is 66.0 Å². The second-order valence-corrected chi connectivity index (χ2v) is 7.96. The maximum atomic E-state index is 5.83. The molecule has 4 aromatic rings. The molecule has 28 heavy (non-hydrogen) atoms. The van der Waals surface area contributed by atoms with Crippen LogP contribution in [0.3, 0.4) is 0 Å². The first kappa shape index (κ1) is 18.8. The van der Waals surface area contributed by atoms with Crippen LogP contribution in [0.4, 0.5) is 0 Å². The number of aromatic nitrogens is 4. The Hall–Kier alpha value is -2.58. The molecule has 0 saturated carbocycles. The van der Waals surface area contributed by atoms with Crippen LogP contribution in [0, 0.1) is 6.92 Å². The molecule has 3 heterocycles. The molecular weight excluding hydrogens is 392 g/mol. The zero-order valence-corrected chi connectivity index (χ0v) is 17.5. The third kappa shape index (κ3) is 3.70. The number of oxazole rings is 1. The number of hydrogen-bond acceptors (Lipinski definition) is 7. The lowest BCUT2D eigenvalue weighted by molar-refractivity contribution is 0.415. The van der Waals surface area contributed by atoms with Crippen molar-refractivity contribution < 1.29 is 9.15 Å². The lowest BCUT2D eigenvalue weighted by Crippen LogP contribution is -2.00. The normalized spacial score (nSPS) is 11.1. The summed E-state index contributed by atoms with van der Waals surface area (Å²) in [6, 6.07) is 11.9. The first-order valence-electron chi connectivity index (χ1n) is 8.90. The average molecular weight is 413 g/mol. The number of methoxy groups -OCH3 is 1. The number of aryl methyl sites for hydroxylation is 1. The van der Waals surface area contributed by atoms with Crippen molar-refractivity contribution in [3.05, 3.63) is 53.2 Å². The molecule has 0 aliphatic carbocycles. The summed E-state index contributed by atoms with van der Waals surface area (Å²) in [7, 11) is 1.66. The van der Waals surface area contributed by atoms with Crippen LogP contribution in [0.15, 0.2) is 51.4 Å². The molecule has 0 unspecified atom stereocenters. The molecule has 144 valence electrons. The van der Waals surface area contributed by atoms with Gasteiger partial charge in [0.15, 0.2) is 11.0 Å². The van der Waals surface area contributed by atoms with Gasteiger partial charge in [0, 0.05) is 17.9 Å². The number of hydrogen-bond donors (Lipinski definition) is 0. The summed E-state index contributed by atoms with van der Waals surface area (Å²) in [4.78, 5) is 5.70. The van der Waals surface area contributed by atoms with Gasteiger partial charge in [-0.2, -0.15) is 0 Å². The lowest BCUT2D eigenvalue weighted by atomic mass is 10.2. The molecule has 0 N–H and O–H groups in total. The van der Waals surface area contributed by atoms with E-state index in [4.69, 9.17) is 9.15 Å². The lowest BCUT2D eigenvalue weighted by Gasteiger charge is -2.07. The van der Waals surface area contributed by atoms with Crippen LogP contribution in [-0.4, -0.2) is 26.9 Å². The van der Waals surface area contributed by atoms with Gasteiger partial charge in [-0.3, -0.25) is 0 Å². The quantitative estimate of drug-likeness (QED) is 0.384. The monoisotopic (exact) mass is 412 g/mol. The molecule has 3 aromatic heterocycles. The van der Waals surface area contributed by atoms with Crippen LogP contribution in [0.25, 0.3) is 22.2 Å². The molecule has 6 nitrogen and oxygen atoms in total. The molecule has 0 bridgehead atoms. The number of ether oxygens (including phenoxy) is 1. The van der Waals surface area contributed by atoms with Gasteiger partial charge in [0.2, 0.25) is 5.89 Å². The Morgan fingerprint density at radius 3 is 2.68 bits per heavy atom. The van der Waals surface area contributed by atoms with Crippen LogP contribution in [-0.2, 0) is 12.3 Å². The standard InChI is InChI=1S/C20H20N4O2S2/c1-4-24-18(14-7-9-15(25-3)10-8-14)22-23-20(24)28-12-16-13(2)26-19(21-16)17-6-5-11-27-17/h5-11H,4,12H2,1-3H3. The van der Waals surface area contributed by atoms with Gasteiger partial charge in [-0.15, -0.1) is 21.5 Å². The number of nitrogens with zero attached hydrogens (tertiary/aromatic N) is 4. The van der Waals surface area contributed by atoms with Crippen molar-refractivity contribution in [3.8, 4) is 27.9 Å². The van der Waals surface area contributed by atoms with Gasteiger partial charge < -0.3 is 13.7 Å². The highest BCUT2D eigenvalue weighted by Crippen LogP contribution is 2.30. The molecule has 0 spiro atoms. The fourth-order valence-electron chi connectivity index (χ4n) is 2.83. The van der Waals surface area contributed by atoms with E-state index in [0.29, 0.717) is 11.6 Å². The predicted molar refractivity (Wildman–Crippen MR) is 112 cm³/mol. The zero-order valence-electron chi connectivity index (χ0n) is 15.9. The third-order valence-corrected chi connectivity index (χ3v) is 6.18. The largest absolute Gasteiger partial charge is 0.497 e. The van der Waals surface area contributed by atoms with Crippen LogP contribution < -0.4 is 4.74 Å². The van der Waals surface area contributed by atoms with Crippen LogP contribution in [0.1, 0.15) is 18.4 Å². The van der Waals surface area contributed by atoms with Crippen molar-refractivity contribution in [2.24, 2.45) is 0 Å². The van der Waals surface area contributed by atoms with E-state index in [1.807, 2.05) is 48.7 Å². The van der Waals surface area contributed by atoms with E-state index < -0.39 is 0 Å². The van der Waals surface area contributed by atoms with Crippen molar-refractivity contribution in [1.29, 1.82) is 0 Å². The summed E-state index contributed by atoms with van der Waals surface area (Å²) in [5, 5.41) is 11.7. The number of benzene rings is 1. The predicted octanol–water partition coefficient (Wildman–Crippen LogP) is 5.29. The SMILES string of the molecule is CCn1c(SCc2nc(-c3cccs3)oc2C)nnc1-c1ccc(OC)cc1. The fourth-order valence-corrected chi connectivity index (χ4v) is 4.49. The van der Waals surface area contributed by atoms with E-state index in [2.05, 4.69) is 26.7 Å². The number of thioether (sulfide) groups is 1. The van der Waals surface area contributed by atoms with E-state index >= 15 is 0 Å². The van der Waals surface area contributed by atoms with Gasteiger partial charge >= 0.3 is 0 Å². The molecule has 0 saturated heterocycles. The molecule has 8 heteroatoms. The minimum Gasteiger partial charge on any atom is -0.497 e. The number of rotatable bonds is 7. The van der Waals surface area contributed by atoms with Crippen molar-refractivity contribution in [2.75, 3.05) is 7.11 Å². The Kier molecular flexibility index (Phi) is 5.50. The Morgan fingerprint density at radius 1 is 1.18 bits per heavy atom. The highest BCUT2D eigenvalue weighted by atomic mass is 32.2. The molecule has 0 radical (unpaired) electrons. The van der Waals surface area contributed by atoms with Crippen molar-refractivity contribution in [1.82, 2.24) is 19.7 Å². The van der Waals surface area contributed by atoms with Crippen LogP contribution in [0.2, 0.25) is 0 Å². The molecule has 0 fully saturated rings. The first-order chi connectivity index (χ1) is 13.7. The highest BCUT2D eigenvalue weighted by Gasteiger charge is 2.16. The van der Waals surface area contributed by atoms with E-state index in [1.165, 1.54) is 0 Å². The Bertz CT molecular complexity index is 1050. The van der Waals surface area contributed by atoms with Gasteiger partial charge in [0.1, 0.15) is 11.5 Å². The minimum atomic E-state index is 0.680. The third-order valence-electron chi connectivity index (χ3n) is 4.34. The van der Waals surface area contributed by atoms with E-state index in [9.17, 15) is 0 Å². The second-order valence-electron chi connectivity index (χ2n) is 6.07.